The molecule has 8 heteroatoms. The van der Waals surface area contributed by atoms with E-state index in [0.29, 0.717) is 6.07 Å². The third kappa shape index (κ3) is 2.96. The van der Waals surface area contributed by atoms with Crippen molar-refractivity contribution in [1.82, 2.24) is 0 Å². The topological polar surface area (TPSA) is 40.5 Å². The van der Waals surface area contributed by atoms with E-state index in [4.69, 9.17) is 10.0 Å². The van der Waals surface area contributed by atoms with Gasteiger partial charge in [-0.2, -0.15) is 13.2 Å². The summed E-state index contributed by atoms with van der Waals surface area (Å²) < 4.78 is 37.3. The lowest BCUT2D eigenvalue weighted by atomic mass is 9.79. The largest absolute Gasteiger partial charge is 0.489 e. The molecule has 0 aromatic heterocycles. The third-order valence-corrected chi connectivity index (χ3v) is 3.01. The smallest absolute Gasteiger partial charge is 0.423 e. The van der Waals surface area contributed by atoms with Crippen LogP contribution in [0.15, 0.2) is 21.1 Å². The van der Waals surface area contributed by atoms with E-state index in [2.05, 4.69) is 31.9 Å². The van der Waals surface area contributed by atoms with Gasteiger partial charge in [0.2, 0.25) is 0 Å². The Bertz CT molecular complexity index is 381. The average molecular weight is 348 g/mol. The number of rotatable bonds is 1. The molecule has 0 aliphatic heterocycles. The summed E-state index contributed by atoms with van der Waals surface area (Å²) in [7, 11) is -1.95. The molecule has 0 amide bonds. The van der Waals surface area contributed by atoms with E-state index in [-0.39, 0.29) is 14.4 Å². The number of alkyl halides is 3. The summed E-state index contributed by atoms with van der Waals surface area (Å²) in [6, 6.07) is 1.80. The first kappa shape index (κ1) is 13.0. The van der Waals surface area contributed by atoms with Crippen molar-refractivity contribution in [2.75, 3.05) is 0 Å². The van der Waals surface area contributed by atoms with Crippen LogP contribution in [-0.2, 0) is 6.18 Å². The Balaban J connectivity index is 3.37. The summed E-state index contributed by atoms with van der Waals surface area (Å²) in [5.74, 6) is 0. The molecule has 2 nitrogen and oxygen atoms in total. The average Bonchev–Trinajstić information content (AvgIpc) is 2.00. The van der Waals surface area contributed by atoms with Gasteiger partial charge >= 0.3 is 13.3 Å². The number of hydrogen-bond donors (Lipinski definition) is 2. The third-order valence-electron chi connectivity index (χ3n) is 1.67. The Labute approximate surface area is 101 Å². The van der Waals surface area contributed by atoms with Crippen LogP contribution in [0.5, 0.6) is 0 Å². The Kier molecular flexibility index (Phi) is 3.86. The van der Waals surface area contributed by atoms with Crippen LogP contribution >= 0.6 is 31.9 Å². The molecule has 0 aliphatic rings. The van der Waals surface area contributed by atoms with E-state index in [1.165, 1.54) is 0 Å². The highest BCUT2D eigenvalue weighted by Crippen LogP contribution is 2.35. The van der Waals surface area contributed by atoms with Gasteiger partial charge in [-0.05, 0) is 17.6 Å². The number of hydrogen-bond acceptors (Lipinski definition) is 2. The molecule has 0 saturated heterocycles. The second-order valence-corrected chi connectivity index (χ2v) is 4.43. The highest BCUT2D eigenvalue weighted by atomic mass is 79.9. The fourth-order valence-electron chi connectivity index (χ4n) is 0.981. The molecule has 82 valence electrons. The van der Waals surface area contributed by atoms with Gasteiger partial charge in [-0.15, -0.1) is 0 Å². The molecular formula is C7H4BBr2F3O2. The lowest BCUT2D eigenvalue weighted by Crippen LogP contribution is -2.32. The molecule has 0 atom stereocenters. The Morgan fingerprint density at radius 2 is 1.60 bits per heavy atom. The lowest BCUT2D eigenvalue weighted by Gasteiger charge is -2.12. The fraction of sp³-hybridized carbons (Fsp3) is 0.143. The van der Waals surface area contributed by atoms with Crippen molar-refractivity contribution in [3.05, 3.63) is 26.6 Å². The van der Waals surface area contributed by atoms with Crippen LogP contribution in [0.2, 0.25) is 0 Å². The standard InChI is InChI=1S/C7H4BBr2F3O2/c9-5-2-6(10)4(8(14)15)1-3(5)7(11,12)13/h1-2,14-15H. The maximum Gasteiger partial charge on any atom is 0.489 e. The lowest BCUT2D eigenvalue weighted by molar-refractivity contribution is -0.138. The molecule has 0 aliphatic carbocycles. The van der Waals surface area contributed by atoms with Crippen LogP contribution in [0.25, 0.3) is 0 Å². The molecular weight excluding hydrogens is 344 g/mol. The Hall–Kier alpha value is -0.0451. The minimum atomic E-state index is -4.54. The van der Waals surface area contributed by atoms with Gasteiger partial charge < -0.3 is 10.0 Å². The minimum absolute atomic E-state index is 0.161. The predicted octanol–water partition coefficient (Wildman–Crippen LogP) is 1.91. The molecule has 0 spiro atoms. The molecule has 15 heavy (non-hydrogen) atoms. The normalized spacial score (nSPS) is 11.7. The number of benzene rings is 1. The molecule has 0 heterocycles. The SMILES string of the molecule is OB(O)c1cc(C(F)(F)F)c(Br)cc1Br. The van der Waals surface area contributed by atoms with Crippen LogP contribution in [0.1, 0.15) is 5.56 Å². The van der Waals surface area contributed by atoms with E-state index in [1.54, 1.807) is 0 Å². The first-order valence-corrected chi connectivity index (χ1v) is 5.24. The zero-order chi connectivity index (χ0) is 11.8. The van der Waals surface area contributed by atoms with Gasteiger partial charge in [0.1, 0.15) is 0 Å². The van der Waals surface area contributed by atoms with Crippen LogP contribution in [0.3, 0.4) is 0 Å². The van der Waals surface area contributed by atoms with E-state index in [9.17, 15) is 13.2 Å². The van der Waals surface area contributed by atoms with Gasteiger partial charge in [0.15, 0.2) is 0 Å². The molecule has 0 saturated carbocycles. The van der Waals surface area contributed by atoms with Crippen molar-refractivity contribution in [1.29, 1.82) is 0 Å². The Morgan fingerprint density at radius 3 is 2.00 bits per heavy atom. The Morgan fingerprint density at radius 1 is 1.07 bits per heavy atom. The van der Waals surface area contributed by atoms with Crippen LogP contribution in [-0.4, -0.2) is 17.2 Å². The molecule has 0 bridgehead atoms. The van der Waals surface area contributed by atoms with Gasteiger partial charge in [-0.25, -0.2) is 0 Å². The quantitative estimate of drug-likeness (QED) is 0.762. The van der Waals surface area contributed by atoms with E-state index >= 15 is 0 Å². The van der Waals surface area contributed by atoms with Gasteiger partial charge in [-0.3, -0.25) is 0 Å². The fourth-order valence-corrected chi connectivity index (χ4v) is 2.40. The molecule has 1 aromatic carbocycles. The van der Waals surface area contributed by atoms with Crippen LogP contribution < -0.4 is 5.46 Å². The van der Waals surface area contributed by atoms with Crippen LogP contribution in [0.4, 0.5) is 13.2 Å². The highest BCUT2D eigenvalue weighted by molar-refractivity contribution is 9.11. The van der Waals surface area contributed by atoms with Gasteiger partial charge in [0.05, 0.1) is 5.56 Å². The van der Waals surface area contributed by atoms with E-state index in [1.807, 2.05) is 0 Å². The zero-order valence-corrected chi connectivity index (χ0v) is 10.2. The first-order valence-electron chi connectivity index (χ1n) is 3.65. The summed E-state index contributed by atoms with van der Waals surface area (Å²) in [5.41, 5.74) is -1.18. The monoisotopic (exact) mass is 346 g/mol. The second kappa shape index (κ2) is 4.44. The molecule has 0 fully saturated rings. The number of halogens is 5. The van der Waals surface area contributed by atoms with E-state index in [0.717, 1.165) is 6.07 Å². The van der Waals surface area contributed by atoms with Crippen molar-refractivity contribution >= 4 is 44.4 Å². The van der Waals surface area contributed by atoms with Crippen molar-refractivity contribution < 1.29 is 23.2 Å². The molecule has 0 unspecified atom stereocenters. The summed E-state index contributed by atoms with van der Waals surface area (Å²) in [6.07, 6.45) is -4.54. The van der Waals surface area contributed by atoms with Gasteiger partial charge in [0.25, 0.3) is 0 Å². The maximum atomic E-state index is 12.4. The molecule has 0 radical (unpaired) electrons. The van der Waals surface area contributed by atoms with Crippen molar-refractivity contribution in [2.24, 2.45) is 0 Å². The zero-order valence-electron chi connectivity index (χ0n) is 7.02. The highest BCUT2D eigenvalue weighted by Gasteiger charge is 2.34. The van der Waals surface area contributed by atoms with Crippen molar-refractivity contribution in [2.45, 2.75) is 6.18 Å². The second-order valence-electron chi connectivity index (χ2n) is 2.72. The summed E-state index contributed by atoms with van der Waals surface area (Å²) in [4.78, 5) is 0. The van der Waals surface area contributed by atoms with Gasteiger partial charge in [-0.1, -0.05) is 31.9 Å². The minimum Gasteiger partial charge on any atom is -0.423 e. The van der Waals surface area contributed by atoms with Crippen LogP contribution in [0, 0.1) is 0 Å². The summed E-state index contributed by atoms with van der Waals surface area (Å²) >= 11 is 5.68. The molecule has 1 rings (SSSR count). The predicted molar refractivity (Wildman–Crippen MR) is 56.7 cm³/mol. The van der Waals surface area contributed by atoms with Gasteiger partial charge in [0, 0.05) is 8.95 Å². The maximum absolute atomic E-state index is 12.4. The molecule has 2 N–H and O–H groups in total. The molecule has 1 aromatic rings. The van der Waals surface area contributed by atoms with Crippen molar-refractivity contribution in [3.63, 3.8) is 0 Å². The summed E-state index contributed by atoms with van der Waals surface area (Å²) in [6.45, 7) is 0. The first-order chi connectivity index (χ1) is 6.73. The van der Waals surface area contributed by atoms with Crippen molar-refractivity contribution in [3.8, 4) is 0 Å². The van der Waals surface area contributed by atoms with E-state index < -0.39 is 18.9 Å². The summed E-state index contributed by atoms with van der Waals surface area (Å²) in [5, 5.41) is 17.7.